The molecule has 0 saturated carbocycles. The first-order valence-electron chi connectivity index (χ1n) is 5.81. The van der Waals surface area contributed by atoms with E-state index in [2.05, 4.69) is 0 Å². The number of hydrogen-bond donors (Lipinski definition) is 1. The van der Waals surface area contributed by atoms with Crippen molar-refractivity contribution in [3.8, 4) is 0 Å². The van der Waals surface area contributed by atoms with Gasteiger partial charge in [0.25, 0.3) is 0 Å². The Hall–Kier alpha value is -1.11. The lowest BCUT2D eigenvalue weighted by molar-refractivity contribution is -0.142. The van der Waals surface area contributed by atoms with E-state index in [1.54, 1.807) is 19.1 Å². The third kappa shape index (κ3) is 2.61. The minimum Gasteiger partial charge on any atom is -0.481 e. The summed E-state index contributed by atoms with van der Waals surface area (Å²) < 4.78 is 26.0. The average molecular weight is 304 g/mol. The van der Waals surface area contributed by atoms with Gasteiger partial charge in [-0.3, -0.25) is 4.79 Å². The molecule has 1 aliphatic rings. The molecule has 7 heteroatoms. The van der Waals surface area contributed by atoms with Crippen molar-refractivity contribution >= 4 is 27.6 Å². The quantitative estimate of drug-likeness (QED) is 0.922. The van der Waals surface area contributed by atoms with Crippen molar-refractivity contribution in [1.82, 2.24) is 4.31 Å². The van der Waals surface area contributed by atoms with Gasteiger partial charge in [0.15, 0.2) is 0 Å². The molecule has 1 aromatic rings. The van der Waals surface area contributed by atoms with Crippen LogP contribution in [-0.2, 0) is 14.8 Å². The molecule has 2 rings (SSSR count). The van der Waals surface area contributed by atoms with Crippen molar-refractivity contribution in [2.75, 3.05) is 13.1 Å². The third-order valence-electron chi connectivity index (χ3n) is 3.35. The summed E-state index contributed by atoms with van der Waals surface area (Å²) in [5, 5.41) is 9.19. The van der Waals surface area contributed by atoms with Gasteiger partial charge in [0.05, 0.1) is 10.9 Å². The van der Waals surface area contributed by atoms with Crippen LogP contribution in [0.4, 0.5) is 0 Å². The zero-order valence-corrected chi connectivity index (χ0v) is 11.9. The van der Waals surface area contributed by atoms with E-state index in [0.717, 1.165) is 0 Å². The lowest BCUT2D eigenvalue weighted by Gasteiger charge is -2.16. The molecule has 1 fully saturated rings. The molecule has 0 radical (unpaired) electrons. The fourth-order valence-corrected chi connectivity index (χ4v) is 4.29. The summed E-state index contributed by atoms with van der Waals surface area (Å²) in [5.41, 5.74) is 0. The molecule has 0 spiro atoms. The van der Waals surface area contributed by atoms with E-state index in [0.29, 0.717) is 0 Å². The average Bonchev–Trinajstić information content (AvgIpc) is 2.72. The van der Waals surface area contributed by atoms with Crippen molar-refractivity contribution in [1.29, 1.82) is 0 Å². The van der Waals surface area contributed by atoms with Crippen LogP contribution in [0.25, 0.3) is 0 Å². The molecule has 1 N–H and O–H groups in total. The predicted octanol–water partition coefficient (Wildman–Crippen LogP) is 1.68. The number of carboxylic acids is 1. The number of carbonyl (C=O) groups is 1. The molecular formula is C12H14ClNO4S. The fraction of sp³-hybridized carbons (Fsp3) is 0.417. The molecule has 104 valence electrons. The highest BCUT2D eigenvalue weighted by atomic mass is 35.5. The molecule has 2 atom stereocenters. The van der Waals surface area contributed by atoms with E-state index < -0.39 is 21.9 Å². The first kappa shape index (κ1) is 14.3. The Labute approximate surface area is 116 Å². The van der Waals surface area contributed by atoms with Gasteiger partial charge >= 0.3 is 5.97 Å². The van der Waals surface area contributed by atoms with Gasteiger partial charge in [0.1, 0.15) is 4.90 Å². The summed E-state index contributed by atoms with van der Waals surface area (Å²) >= 11 is 5.90. The zero-order valence-electron chi connectivity index (χ0n) is 10.3. The topological polar surface area (TPSA) is 74.7 Å². The standard InChI is InChI=1S/C12H14ClNO4S/c1-8-6-14(7-9(8)12(15)16)19(17,18)11-5-3-2-4-10(11)13/h2-5,8-9H,6-7H2,1H3,(H,15,16)/t8-,9-/m1/s1. The Balaban J connectivity index is 2.33. The Morgan fingerprint density at radius 3 is 2.53 bits per heavy atom. The van der Waals surface area contributed by atoms with Crippen LogP contribution in [0.2, 0.25) is 5.02 Å². The SMILES string of the molecule is C[C@@H]1CN(S(=O)(=O)c2ccccc2Cl)C[C@H]1C(=O)O. The second-order valence-electron chi connectivity index (χ2n) is 4.67. The Morgan fingerprint density at radius 1 is 1.37 bits per heavy atom. The number of halogens is 1. The maximum Gasteiger partial charge on any atom is 0.308 e. The van der Waals surface area contributed by atoms with E-state index in [1.807, 2.05) is 0 Å². The normalized spacial score (nSPS) is 24.5. The summed E-state index contributed by atoms with van der Waals surface area (Å²) in [6, 6.07) is 6.17. The van der Waals surface area contributed by atoms with E-state index >= 15 is 0 Å². The number of hydrogen-bond acceptors (Lipinski definition) is 3. The maximum absolute atomic E-state index is 12.4. The predicted molar refractivity (Wildman–Crippen MR) is 70.5 cm³/mol. The van der Waals surface area contributed by atoms with Crippen molar-refractivity contribution in [2.24, 2.45) is 11.8 Å². The second kappa shape index (κ2) is 5.11. The first-order chi connectivity index (χ1) is 8.84. The summed E-state index contributed by atoms with van der Waals surface area (Å²) in [4.78, 5) is 11.1. The monoisotopic (exact) mass is 303 g/mol. The largest absolute Gasteiger partial charge is 0.481 e. The molecule has 0 aliphatic carbocycles. The van der Waals surface area contributed by atoms with Gasteiger partial charge in [0, 0.05) is 13.1 Å². The van der Waals surface area contributed by atoms with Crippen LogP contribution in [0.1, 0.15) is 6.92 Å². The number of sulfonamides is 1. The van der Waals surface area contributed by atoms with Gasteiger partial charge in [0.2, 0.25) is 10.0 Å². The van der Waals surface area contributed by atoms with Crippen LogP contribution in [0, 0.1) is 11.8 Å². The Kier molecular flexibility index (Phi) is 3.85. The van der Waals surface area contributed by atoms with E-state index in [1.165, 1.54) is 16.4 Å². The minimum atomic E-state index is -3.73. The zero-order chi connectivity index (χ0) is 14.2. The summed E-state index contributed by atoms with van der Waals surface area (Å²) in [5.74, 6) is -1.85. The molecule has 1 heterocycles. The maximum atomic E-state index is 12.4. The van der Waals surface area contributed by atoms with E-state index in [9.17, 15) is 13.2 Å². The van der Waals surface area contributed by atoms with E-state index in [4.69, 9.17) is 16.7 Å². The van der Waals surface area contributed by atoms with Crippen LogP contribution in [-0.4, -0.2) is 36.9 Å². The highest BCUT2D eigenvalue weighted by Gasteiger charge is 2.41. The summed E-state index contributed by atoms with van der Waals surface area (Å²) in [6.07, 6.45) is 0. The number of benzene rings is 1. The summed E-state index contributed by atoms with van der Waals surface area (Å²) in [7, 11) is -3.73. The van der Waals surface area contributed by atoms with Gasteiger partial charge in [-0.05, 0) is 18.1 Å². The van der Waals surface area contributed by atoms with Crippen molar-refractivity contribution in [3.05, 3.63) is 29.3 Å². The van der Waals surface area contributed by atoms with Gasteiger partial charge < -0.3 is 5.11 Å². The van der Waals surface area contributed by atoms with Crippen LogP contribution in [0.5, 0.6) is 0 Å². The van der Waals surface area contributed by atoms with Gasteiger partial charge in [-0.1, -0.05) is 30.7 Å². The molecule has 5 nitrogen and oxygen atoms in total. The lowest BCUT2D eigenvalue weighted by Crippen LogP contribution is -2.30. The lowest BCUT2D eigenvalue weighted by atomic mass is 9.99. The summed E-state index contributed by atoms with van der Waals surface area (Å²) in [6.45, 7) is 1.93. The molecule has 0 aromatic heterocycles. The van der Waals surface area contributed by atoms with Gasteiger partial charge in [-0.2, -0.15) is 4.31 Å². The molecular weight excluding hydrogens is 290 g/mol. The molecule has 0 unspecified atom stereocenters. The number of carboxylic acid groups (broad SMARTS) is 1. The van der Waals surface area contributed by atoms with Crippen LogP contribution in [0.3, 0.4) is 0 Å². The second-order valence-corrected chi connectivity index (χ2v) is 6.99. The Bertz CT molecular complexity index is 602. The van der Waals surface area contributed by atoms with Crippen molar-refractivity contribution < 1.29 is 18.3 Å². The first-order valence-corrected chi connectivity index (χ1v) is 7.63. The smallest absolute Gasteiger partial charge is 0.308 e. The number of aliphatic carboxylic acids is 1. The molecule has 0 amide bonds. The van der Waals surface area contributed by atoms with Gasteiger partial charge in [-0.15, -0.1) is 0 Å². The molecule has 1 aromatic carbocycles. The molecule has 1 saturated heterocycles. The highest BCUT2D eigenvalue weighted by Crippen LogP contribution is 2.31. The molecule has 19 heavy (non-hydrogen) atoms. The van der Waals surface area contributed by atoms with Gasteiger partial charge in [-0.25, -0.2) is 8.42 Å². The van der Waals surface area contributed by atoms with Crippen molar-refractivity contribution in [3.63, 3.8) is 0 Å². The minimum absolute atomic E-state index is 0.00986. The van der Waals surface area contributed by atoms with E-state index in [-0.39, 0.29) is 28.9 Å². The molecule has 1 aliphatic heterocycles. The number of rotatable bonds is 3. The highest BCUT2D eigenvalue weighted by molar-refractivity contribution is 7.89. The fourth-order valence-electron chi connectivity index (χ4n) is 2.23. The Morgan fingerprint density at radius 2 is 2.00 bits per heavy atom. The van der Waals surface area contributed by atoms with Crippen LogP contribution < -0.4 is 0 Å². The van der Waals surface area contributed by atoms with Crippen LogP contribution in [0.15, 0.2) is 29.2 Å². The van der Waals surface area contributed by atoms with Crippen molar-refractivity contribution in [2.45, 2.75) is 11.8 Å². The van der Waals surface area contributed by atoms with Crippen LogP contribution >= 0.6 is 11.6 Å². The molecule has 0 bridgehead atoms. The number of nitrogens with zero attached hydrogens (tertiary/aromatic N) is 1. The third-order valence-corrected chi connectivity index (χ3v) is 5.68.